The first-order valence-electron chi connectivity index (χ1n) is 9.29. The van der Waals surface area contributed by atoms with Gasteiger partial charge in [0.15, 0.2) is 12.4 Å². The number of esters is 1. The molecule has 0 bridgehead atoms. The van der Waals surface area contributed by atoms with E-state index in [1.54, 1.807) is 0 Å². The van der Waals surface area contributed by atoms with Gasteiger partial charge in [-0.05, 0) is 37.2 Å². The van der Waals surface area contributed by atoms with Gasteiger partial charge in [0.05, 0.1) is 12.0 Å². The number of aliphatic hydroxyl groups excluding tert-OH is 2. The third-order valence-electron chi connectivity index (χ3n) is 4.41. The van der Waals surface area contributed by atoms with Crippen LogP contribution in [0, 0.1) is 11.8 Å². The number of amides is 1. The molecule has 1 amide bonds. The summed E-state index contributed by atoms with van der Waals surface area (Å²) in [7, 11) is 0. The number of carbonyl (C=O) groups is 2. The van der Waals surface area contributed by atoms with Crippen molar-refractivity contribution in [3.05, 3.63) is 35.9 Å². The van der Waals surface area contributed by atoms with Gasteiger partial charge in [0, 0.05) is 6.42 Å². The monoisotopic (exact) mass is 381 g/mol. The number of hydrogen-bond acceptors (Lipinski definition) is 6. The molecule has 0 saturated heterocycles. The molecule has 0 saturated carbocycles. The summed E-state index contributed by atoms with van der Waals surface area (Å²) in [6.45, 7) is 3.91. The summed E-state index contributed by atoms with van der Waals surface area (Å²) >= 11 is 0. The molecule has 0 aromatic heterocycles. The average Bonchev–Trinajstić information content (AvgIpc) is 2.59. The first-order chi connectivity index (χ1) is 12.7. The maximum absolute atomic E-state index is 12.1. The Morgan fingerprint density at radius 3 is 2.22 bits per heavy atom. The molecule has 152 valence electrons. The van der Waals surface area contributed by atoms with Crippen molar-refractivity contribution in [2.24, 2.45) is 17.6 Å². The predicted molar refractivity (Wildman–Crippen MR) is 100 cm³/mol. The van der Waals surface area contributed by atoms with E-state index in [2.05, 4.69) is 0 Å². The van der Waals surface area contributed by atoms with Crippen LogP contribution in [0.4, 0.5) is 0 Å². The molecular formula is C20H31NO6. The third kappa shape index (κ3) is 8.51. The largest absolute Gasteiger partial charge is 0.452 e. The lowest BCUT2D eigenvalue weighted by Gasteiger charge is -2.30. The lowest BCUT2D eigenvalue weighted by Crippen LogP contribution is -2.49. The van der Waals surface area contributed by atoms with E-state index >= 15 is 0 Å². The van der Waals surface area contributed by atoms with Crippen LogP contribution in [0.3, 0.4) is 0 Å². The Bertz CT molecular complexity index is 575. The molecule has 7 nitrogen and oxygen atoms in total. The summed E-state index contributed by atoms with van der Waals surface area (Å²) in [6, 6.07) is 9.60. The molecule has 3 unspecified atom stereocenters. The molecule has 7 heteroatoms. The molecule has 0 aliphatic rings. The zero-order valence-corrected chi connectivity index (χ0v) is 16.0. The Labute approximate surface area is 160 Å². The topological polar surface area (TPSA) is 130 Å². The van der Waals surface area contributed by atoms with Crippen molar-refractivity contribution < 1.29 is 29.6 Å². The smallest absolute Gasteiger partial charge is 0.306 e. The molecule has 1 rings (SSSR count). The van der Waals surface area contributed by atoms with Crippen LogP contribution in [0.15, 0.2) is 30.3 Å². The van der Waals surface area contributed by atoms with Gasteiger partial charge in [0.2, 0.25) is 0 Å². The Kier molecular flexibility index (Phi) is 9.99. The third-order valence-corrected chi connectivity index (χ3v) is 4.41. The number of hydrogen-bond donors (Lipinski definition) is 4. The van der Waals surface area contributed by atoms with Gasteiger partial charge >= 0.3 is 5.97 Å². The molecule has 27 heavy (non-hydrogen) atoms. The highest BCUT2D eigenvalue weighted by molar-refractivity contribution is 5.82. The molecule has 0 aliphatic carbocycles. The molecule has 0 fully saturated rings. The number of rotatable bonds is 12. The number of aryl methyl sites for hydroxylation is 1. The molecule has 5 N–H and O–H groups in total. The van der Waals surface area contributed by atoms with Gasteiger partial charge in [-0.2, -0.15) is 0 Å². The summed E-state index contributed by atoms with van der Waals surface area (Å²) in [5.41, 5.74) is 6.36. The number of benzene rings is 1. The van der Waals surface area contributed by atoms with Crippen LogP contribution < -0.4 is 5.73 Å². The Hall–Kier alpha value is -1.96. The summed E-state index contributed by atoms with van der Waals surface area (Å²) in [4.78, 5) is 23.8. The van der Waals surface area contributed by atoms with Crippen molar-refractivity contribution in [1.82, 2.24) is 0 Å². The number of aliphatic hydroxyl groups is 3. The van der Waals surface area contributed by atoms with E-state index in [0.717, 1.165) is 5.56 Å². The molecule has 0 aliphatic heterocycles. The lowest BCUT2D eigenvalue weighted by molar-refractivity contribution is -0.184. The second-order valence-corrected chi connectivity index (χ2v) is 7.18. The normalized spacial score (nSPS) is 14.8. The van der Waals surface area contributed by atoms with Crippen molar-refractivity contribution >= 4 is 11.9 Å². The zero-order valence-electron chi connectivity index (χ0n) is 16.0. The van der Waals surface area contributed by atoms with Crippen LogP contribution in [0.5, 0.6) is 0 Å². The Morgan fingerprint density at radius 2 is 1.70 bits per heavy atom. The first kappa shape index (κ1) is 23.1. The second kappa shape index (κ2) is 11.7. The maximum Gasteiger partial charge on any atom is 0.306 e. The minimum absolute atomic E-state index is 0.0506. The van der Waals surface area contributed by atoms with Crippen LogP contribution in [0.25, 0.3) is 0 Å². The van der Waals surface area contributed by atoms with Gasteiger partial charge in [0.25, 0.3) is 5.91 Å². The quantitative estimate of drug-likeness (QED) is 0.317. The number of nitrogens with two attached hydrogens (primary N) is 1. The van der Waals surface area contributed by atoms with E-state index < -0.39 is 36.3 Å². The fourth-order valence-corrected chi connectivity index (χ4v) is 2.86. The summed E-state index contributed by atoms with van der Waals surface area (Å²) < 4.78 is 5.11. The molecule has 0 heterocycles. The van der Waals surface area contributed by atoms with Crippen molar-refractivity contribution in [2.45, 2.75) is 64.4 Å². The molecule has 1 aromatic rings. The molecule has 0 spiro atoms. The van der Waals surface area contributed by atoms with Gasteiger partial charge in [-0.1, -0.05) is 44.2 Å². The molecule has 1 aromatic carbocycles. The van der Waals surface area contributed by atoms with Gasteiger partial charge in [0.1, 0.15) is 0 Å². The van der Waals surface area contributed by atoms with Crippen LogP contribution in [0.2, 0.25) is 0 Å². The Morgan fingerprint density at radius 1 is 1.07 bits per heavy atom. The predicted octanol–water partition coefficient (Wildman–Crippen LogP) is 1.13. The maximum atomic E-state index is 12.1. The van der Waals surface area contributed by atoms with Gasteiger partial charge < -0.3 is 25.8 Å². The van der Waals surface area contributed by atoms with E-state index in [1.807, 2.05) is 44.2 Å². The van der Waals surface area contributed by atoms with Crippen LogP contribution >= 0.6 is 0 Å². The van der Waals surface area contributed by atoms with Crippen LogP contribution in [-0.2, 0) is 20.7 Å². The first-order valence-corrected chi connectivity index (χ1v) is 9.29. The summed E-state index contributed by atoms with van der Waals surface area (Å²) in [5, 5.41) is 29.5. The van der Waals surface area contributed by atoms with Gasteiger partial charge in [-0.25, -0.2) is 0 Å². The number of carbonyl (C=O) groups excluding carboxylic acids is 2. The average molecular weight is 381 g/mol. The minimum atomic E-state index is -2.04. The van der Waals surface area contributed by atoms with Crippen molar-refractivity contribution in [1.29, 1.82) is 0 Å². The van der Waals surface area contributed by atoms with E-state index in [4.69, 9.17) is 10.5 Å². The molecular weight excluding hydrogens is 350 g/mol. The van der Waals surface area contributed by atoms with Gasteiger partial charge in [-0.15, -0.1) is 0 Å². The highest BCUT2D eigenvalue weighted by atomic mass is 16.6. The van der Waals surface area contributed by atoms with Crippen molar-refractivity contribution in [3.63, 3.8) is 0 Å². The highest BCUT2D eigenvalue weighted by Crippen LogP contribution is 2.22. The van der Waals surface area contributed by atoms with E-state index in [-0.39, 0.29) is 18.8 Å². The SMILES string of the molecule is CC(C)CCC(O)C(C(O)O)C(OC(=O)CCCc1ccccc1)C(N)=O. The highest BCUT2D eigenvalue weighted by Gasteiger charge is 2.39. The van der Waals surface area contributed by atoms with Crippen molar-refractivity contribution in [3.8, 4) is 0 Å². The second-order valence-electron chi connectivity index (χ2n) is 7.18. The zero-order chi connectivity index (χ0) is 20.4. The van der Waals surface area contributed by atoms with Crippen molar-refractivity contribution in [2.75, 3.05) is 0 Å². The number of primary amides is 1. The Balaban J connectivity index is 2.65. The minimum Gasteiger partial charge on any atom is -0.452 e. The summed E-state index contributed by atoms with van der Waals surface area (Å²) in [6.07, 6.45) is -2.80. The van der Waals surface area contributed by atoms with E-state index in [0.29, 0.717) is 19.3 Å². The van der Waals surface area contributed by atoms with Crippen LogP contribution in [-0.4, -0.2) is 45.7 Å². The molecule has 0 radical (unpaired) electrons. The molecule has 3 atom stereocenters. The fraction of sp³-hybridized carbons (Fsp3) is 0.600. The lowest BCUT2D eigenvalue weighted by atomic mass is 9.89. The standard InChI is InChI=1S/C20H31NO6/c1-13(2)11-12-15(22)17(20(25)26)18(19(21)24)27-16(23)10-6-9-14-7-4-3-5-8-14/h3-5,7-8,13,15,17-18,20,22,25-26H,6,9-12H2,1-2H3,(H2,21,24). The van der Waals surface area contributed by atoms with Gasteiger partial charge in [-0.3, -0.25) is 9.59 Å². The number of ether oxygens (including phenoxy) is 1. The summed E-state index contributed by atoms with van der Waals surface area (Å²) in [5.74, 6) is -2.80. The van der Waals surface area contributed by atoms with E-state index in [1.165, 1.54) is 0 Å². The van der Waals surface area contributed by atoms with Crippen LogP contribution in [0.1, 0.15) is 45.1 Å². The fourth-order valence-electron chi connectivity index (χ4n) is 2.86. The van der Waals surface area contributed by atoms with E-state index in [9.17, 15) is 24.9 Å².